The lowest BCUT2D eigenvalue weighted by Gasteiger charge is -2.34. The molecule has 0 bridgehead atoms. The largest absolute Gasteiger partial charge is 0.338 e. The highest BCUT2D eigenvalue weighted by Crippen LogP contribution is 2.21. The van der Waals surface area contributed by atoms with Gasteiger partial charge in [0.05, 0.1) is 5.75 Å². The van der Waals surface area contributed by atoms with Crippen LogP contribution in [0.25, 0.3) is 0 Å². The summed E-state index contributed by atoms with van der Waals surface area (Å²) in [5, 5.41) is 2.73. The van der Waals surface area contributed by atoms with Crippen LogP contribution in [-0.4, -0.2) is 60.2 Å². The molecule has 0 aliphatic carbocycles. The average molecular weight is 343 g/mol. The molecule has 1 aromatic carbocycles. The summed E-state index contributed by atoms with van der Waals surface area (Å²) in [5.74, 6) is -1.73. The molecule has 0 spiro atoms. The van der Waals surface area contributed by atoms with Crippen LogP contribution >= 0.6 is 11.8 Å². The molecule has 1 fully saturated rings. The predicted octanol–water partition coefficient (Wildman–Crippen LogP) is 1.93. The van der Waals surface area contributed by atoms with E-state index in [0.29, 0.717) is 37.6 Å². The first-order valence-electron chi connectivity index (χ1n) is 7.39. The molecule has 8 heteroatoms. The van der Waals surface area contributed by atoms with Crippen molar-refractivity contribution in [3.05, 3.63) is 29.8 Å². The molecule has 1 N–H and O–H groups in total. The molecule has 1 aliphatic rings. The van der Waals surface area contributed by atoms with Crippen molar-refractivity contribution in [2.75, 3.05) is 38.5 Å². The van der Waals surface area contributed by atoms with Crippen molar-refractivity contribution < 1.29 is 18.4 Å². The number of amides is 3. The van der Waals surface area contributed by atoms with Gasteiger partial charge in [0.1, 0.15) is 0 Å². The number of hydrogen-bond acceptors (Lipinski definition) is 3. The summed E-state index contributed by atoms with van der Waals surface area (Å²) in [6.07, 6.45) is 0. The highest BCUT2D eigenvalue weighted by molar-refractivity contribution is 8.00. The molecule has 5 nitrogen and oxygen atoms in total. The van der Waals surface area contributed by atoms with Crippen LogP contribution in [0, 0.1) is 11.6 Å². The zero-order valence-electron chi connectivity index (χ0n) is 12.8. The molecule has 0 saturated carbocycles. The summed E-state index contributed by atoms with van der Waals surface area (Å²) >= 11 is 1.17. The van der Waals surface area contributed by atoms with E-state index in [1.54, 1.807) is 9.80 Å². The van der Waals surface area contributed by atoms with Gasteiger partial charge in [-0.15, -0.1) is 11.8 Å². The fraction of sp³-hybridized carbons (Fsp3) is 0.467. The van der Waals surface area contributed by atoms with Crippen LogP contribution in [0.5, 0.6) is 0 Å². The second-order valence-corrected chi connectivity index (χ2v) is 6.12. The zero-order valence-corrected chi connectivity index (χ0v) is 13.7. The van der Waals surface area contributed by atoms with E-state index in [4.69, 9.17) is 0 Å². The molecule has 1 heterocycles. The summed E-state index contributed by atoms with van der Waals surface area (Å²) in [4.78, 5) is 27.7. The van der Waals surface area contributed by atoms with E-state index in [1.807, 2.05) is 6.92 Å². The SMILES string of the molecule is CCNC(=O)N1CCN(C(=O)CSc2ccc(F)c(F)c2)CC1. The van der Waals surface area contributed by atoms with Gasteiger partial charge in [-0.25, -0.2) is 13.6 Å². The maximum Gasteiger partial charge on any atom is 0.317 e. The average Bonchev–Trinajstić information content (AvgIpc) is 2.56. The van der Waals surface area contributed by atoms with Crippen LogP contribution in [0.4, 0.5) is 13.6 Å². The fourth-order valence-corrected chi connectivity index (χ4v) is 3.05. The number of piperazine rings is 1. The molecule has 0 aromatic heterocycles. The first kappa shape index (κ1) is 17.5. The minimum atomic E-state index is -0.919. The van der Waals surface area contributed by atoms with Crippen LogP contribution in [0.1, 0.15) is 6.92 Å². The molecular formula is C15H19F2N3O2S. The lowest BCUT2D eigenvalue weighted by atomic mass is 10.3. The van der Waals surface area contributed by atoms with Crippen LogP contribution in [0.2, 0.25) is 0 Å². The van der Waals surface area contributed by atoms with Gasteiger partial charge in [0, 0.05) is 37.6 Å². The number of urea groups is 1. The van der Waals surface area contributed by atoms with E-state index in [0.717, 1.165) is 12.1 Å². The third-order valence-electron chi connectivity index (χ3n) is 3.50. The minimum absolute atomic E-state index is 0.0738. The van der Waals surface area contributed by atoms with Crippen LogP contribution in [0.3, 0.4) is 0 Å². The van der Waals surface area contributed by atoms with E-state index >= 15 is 0 Å². The maximum atomic E-state index is 13.1. The molecule has 0 radical (unpaired) electrons. The topological polar surface area (TPSA) is 52.7 Å². The smallest absolute Gasteiger partial charge is 0.317 e. The maximum absolute atomic E-state index is 13.1. The number of carbonyl (C=O) groups is 2. The van der Waals surface area contributed by atoms with Gasteiger partial charge < -0.3 is 15.1 Å². The second-order valence-electron chi connectivity index (χ2n) is 5.07. The molecular weight excluding hydrogens is 324 g/mol. The number of rotatable bonds is 4. The molecule has 2 rings (SSSR count). The van der Waals surface area contributed by atoms with Crippen molar-refractivity contribution in [2.45, 2.75) is 11.8 Å². The molecule has 1 aliphatic heterocycles. The van der Waals surface area contributed by atoms with Gasteiger partial charge in [0.2, 0.25) is 5.91 Å². The Morgan fingerprint density at radius 1 is 1.13 bits per heavy atom. The summed E-state index contributed by atoms with van der Waals surface area (Å²) in [7, 11) is 0. The molecule has 1 aromatic rings. The summed E-state index contributed by atoms with van der Waals surface area (Å²) in [6, 6.07) is 3.47. The first-order valence-corrected chi connectivity index (χ1v) is 8.38. The Bertz CT molecular complexity index is 578. The third kappa shape index (κ3) is 4.82. The molecule has 23 heavy (non-hydrogen) atoms. The van der Waals surface area contributed by atoms with Crippen molar-refractivity contribution in [3.63, 3.8) is 0 Å². The normalized spacial score (nSPS) is 14.7. The second kappa shape index (κ2) is 8.14. The Morgan fingerprint density at radius 2 is 1.78 bits per heavy atom. The van der Waals surface area contributed by atoms with Gasteiger partial charge >= 0.3 is 6.03 Å². The molecule has 126 valence electrons. The van der Waals surface area contributed by atoms with Crippen LogP contribution in [-0.2, 0) is 4.79 Å². The number of benzene rings is 1. The van der Waals surface area contributed by atoms with Crippen molar-refractivity contribution >= 4 is 23.7 Å². The van der Waals surface area contributed by atoms with E-state index in [9.17, 15) is 18.4 Å². The number of halogens is 2. The van der Waals surface area contributed by atoms with E-state index < -0.39 is 11.6 Å². The Hall–Kier alpha value is -1.83. The van der Waals surface area contributed by atoms with Gasteiger partial charge in [0.25, 0.3) is 0 Å². The van der Waals surface area contributed by atoms with Crippen molar-refractivity contribution in [3.8, 4) is 0 Å². The number of hydrogen-bond donors (Lipinski definition) is 1. The van der Waals surface area contributed by atoms with E-state index in [-0.39, 0.29) is 17.7 Å². The zero-order chi connectivity index (χ0) is 16.8. The van der Waals surface area contributed by atoms with Crippen LogP contribution in [0.15, 0.2) is 23.1 Å². The quantitative estimate of drug-likeness (QED) is 0.850. The number of nitrogens with zero attached hydrogens (tertiary/aromatic N) is 2. The molecule has 0 unspecified atom stereocenters. The monoisotopic (exact) mass is 343 g/mol. The number of nitrogens with one attached hydrogen (secondary N) is 1. The fourth-order valence-electron chi connectivity index (χ4n) is 2.22. The summed E-state index contributed by atoms with van der Waals surface area (Å²) in [5.41, 5.74) is 0. The van der Waals surface area contributed by atoms with Crippen molar-refractivity contribution in [1.82, 2.24) is 15.1 Å². The Kier molecular flexibility index (Phi) is 6.20. The highest BCUT2D eigenvalue weighted by atomic mass is 32.2. The molecule has 3 amide bonds. The molecule has 1 saturated heterocycles. The summed E-state index contributed by atoms with van der Waals surface area (Å²) in [6.45, 7) is 4.37. The van der Waals surface area contributed by atoms with Crippen molar-refractivity contribution in [2.24, 2.45) is 0 Å². The molecule has 0 atom stereocenters. The predicted molar refractivity (Wildman–Crippen MR) is 84.3 cm³/mol. The number of thioether (sulfide) groups is 1. The minimum Gasteiger partial charge on any atom is -0.338 e. The van der Waals surface area contributed by atoms with Gasteiger partial charge in [-0.2, -0.15) is 0 Å². The van der Waals surface area contributed by atoms with E-state index in [2.05, 4.69) is 5.32 Å². The standard InChI is InChI=1S/C15H19F2N3O2S/c1-2-18-15(22)20-7-5-19(6-8-20)14(21)10-23-11-3-4-12(16)13(17)9-11/h3-4,9H,2,5-8,10H2,1H3,(H,18,22). The first-order chi connectivity index (χ1) is 11.0. The van der Waals surface area contributed by atoms with E-state index in [1.165, 1.54) is 17.8 Å². The van der Waals surface area contributed by atoms with Gasteiger partial charge in [-0.1, -0.05) is 0 Å². The van der Waals surface area contributed by atoms with Gasteiger partial charge in [-0.05, 0) is 25.1 Å². The lowest BCUT2D eigenvalue weighted by Crippen LogP contribution is -2.53. The highest BCUT2D eigenvalue weighted by Gasteiger charge is 2.23. The van der Waals surface area contributed by atoms with Crippen molar-refractivity contribution in [1.29, 1.82) is 0 Å². The third-order valence-corrected chi connectivity index (χ3v) is 4.48. The van der Waals surface area contributed by atoms with Gasteiger partial charge in [0.15, 0.2) is 11.6 Å². The van der Waals surface area contributed by atoms with Crippen LogP contribution < -0.4 is 5.32 Å². The Morgan fingerprint density at radius 3 is 2.39 bits per heavy atom. The Balaban J connectivity index is 1.79. The Labute approximate surface area is 138 Å². The number of carbonyl (C=O) groups excluding carboxylic acids is 2. The summed E-state index contributed by atoms with van der Waals surface area (Å²) < 4.78 is 26.0. The van der Waals surface area contributed by atoms with Gasteiger partial charge in [-0.3, -0.25) is 4.79 Å². The lowest BCUT2D eigenvalue weighted by molar-refractivity contribution is -0.129.